The molecule has 0 saturated carbocycles. The van der Waals surface area contributed by atoms with Crippen LogP contribution in [-0.4, -0.2) is 11.1 Å². The molecule has 1 N–H and O–H groups in total. The minimum atomic E-state index is -1.21. The van der Waals surface area contributed by atoms with Gasteiger partial charge in [0.25, 0.3) is 0 Å². The lowest BCUT2D eigenvalue weighted by atomic mass is 10.1. The van der Waals surface area contributed by atoms with Crippen molar-refractivity contribution < 1.29 is 9.90 Å². The second-order valence-corrected chi connectivity index (χ2v) is 3.14. The molecule has 1 aromatic carbocycles. The van der Waals surface area contributed by atoms with Gasteiger partial charge in [-0.3, -0.25) is 0 Å². The van der Waals surface area contributed by atoms with Crippen molar-refractivity contribution in [3.63, 3.8) is 0 Å². The fraction of sp³-hybridized carbons (Fsp3) is 0.0769. The lowest BCUT2D eigenvalue weighted by molar-refractivity contribution is -0.132. The van der Waals surface area contributed by atoms with Crippen LogP contribution in [0, 0.1) is 11.3 Å². The smallest absolute Gasteiger partial charge is 0.346 e. The Kier molecular flexibility index (Phi) is 4.05. The number of hydrogen-bond donors (Lipinski definition) is 1. The highest BCUT2D eigenvalue weighted by atomic mass is 16.4. The molecule has 1 aromatic rings. The second kappa shape index (κ2) is 5.52. The van der Waals surface area contributed by atoms with E-state index in [9.17, 15) is 4.79 Å². The zero-order valence-corrected chi connectivity index (χ0v) is 8.84. The van der Waals surface area contributed by atoms with Gasteiger partial charge in [-0.2, -0.15) is 5.26 Å². The van der Waals surface area contributed by atoms with Crippen molar-refractivity contribution in [3.05, 3.63) is 47.0 Å². The van der Waals surface area contributed by atoms with Crippen LogP contribution in [0.4, 0.5) is 0 Å². The summed E-state index contributed by atoms with van der Waals surface area (Å²) < 4.78 is 0. The van der Waals surface area contributed by atoms with Crippen molar-refractivity contribution in [2.45, 2.75) is 6.92 Å². The molecule has 16 heavy (non-hydrogen) atoms. The maximum absolute atomic E-state index is 10.6. The number of rotatable bonds is 3. The number of nitriles is 1. The van der Waals surface area contributed by atoms with Gasteiger partial charge in [-0.15, -0.1) is 0 Å². The van der Waals surface area contributed by atoms with Crippen LogP contribution in [0.1, 0.15) is 18.1 Å². The van der Waals surface area contributed by atoms with Gasteiger partial charge in [0.15, 0.2) is 0 Å². The summed E-state index contributed by atoms with van der Waals surface area (Å²) >= 11 is 0. The normalized spacial score (nSPS) is 11.4. The predicted octanol–water partition coefficient (Wildman–Crippen LogP) is 2.71. The zero-order valence-electron chi connectivity index (χ0n) is 8.84. The molecule has 0 fully saturated rings. The molecular weight excluding hydrogens is 202 g/mol. The summed E-state index contributed by atoms with van der Waals surface area (Å²) in [6, 6.07) is 8.91. The number of hydrogen-bond acceptors (Lipinski definition) is 2. The number of carboxylic acid groups (broad SMARTS) is 1. The fourth-order valence-electron chi connectivity index (χ4n) is 1.20. The number of nitrogens with zero attached hydrogens (tertiary/aromatic N) is 1. The molecule has 0 aliphatic carbocycles. The fourth-order valence-corrected chi connectivity index (χ4v) is 1.20. The molecule has 80 valence electrons. The van der Waals surface area contributed by atoms with E-state index in [4.69, 9.17) is 10.4 Å². The first kappa shape index (κ1) is 11.7. The Bertz CT molecular complexity index is 476. The summed E-state index contributed by atoms with van der Waals surface area (Å²) in [5, 5.41) is 17.3. The molecule has 0 aromatic heterocycles. The SMILES string of the molecule is CC=Cc1ccc(C=C(C#N)C(=O)O)cc1. The molecule has 0 heterocycles. The highest BCUT2D eigenvalue weighted by Gasteiger charge is 2.04. The van der Waals surface area contributed by atoms with E-state index in [1.165, 1.54) is 6.08 Å². The van der Waals surface area contributed by atoms with Gasteiger partial charge in [-0.25, -0.2) is 4.79 Å². The quantitative estimate of drug-likeness (QED) is 0.620. The van der Waals surface area contributed by atoms with Gasteiger partial charge in [0.1, 0.15) is 11.6 Å². The van der Waals surface area contributed by atoms with Crippen LogP contribution in [-0.2, 0) is 4.79 Å². The Labute approximate surface area is 94.0 Å². The number of aliphatic carboxylic acids is 1. The Hall–Kier alpha value is -2.34. The zero-order chi connectivity index (χ0) is 12.0. The summed E-state index contributed by atoms with van der Waals surface area (Å²) in [6.45, 7) is 1.92. The van der Waals surface area contributed by atoms with Crippen LogP contribution in [0.5, 0.6) is 0 Å². The standard InChI is InChI=1S/C13H11NO2/c1-2-3-10-4-6-11(7-5-10)8-12(9-14)13(15)16/h2-8H,1H3,(H,15,16). The maximum atomic E-state index is 10.6. The lowest BCUT2D eigenvalue weighted by Crippen LogP contribution is -1.97. The number of carbonyl (C=O) groups is 1. The third kappa shape index (κ3) is 3.10. The third-order valence-corrected chi connectivity index (χ3v) is 1.96. The first-order valence-electron chi connectivity index (χ1n) is 4.75. The number of allylic oxidation sites excluding steroid dienone is 1. The van der Waals surface area contributed by atoms with Crippen LogP contribution < -0.4 is 0 Å². The lowest BCUT2D eigenvalue weighted by Gasteiger charge is -1.96. The minimum absolute atomic E-state index is 0.265. The third-order valence-electron chi connectivity index (χ3n) is 1.96. The molecule has 3 heteroatoms. The van der Waals surface area contributed by atoms with E-state index < -0.39 is 5.97 Å². The molecule has 0 aliphatic rings. The number of benzene rings is 1. The molecular formula is C13H11NO2. The van der Waals surface area contributed by atoms with E-state index in [1.54, 1.807) is 18.2 Å². The molecule has 0 spiro atoms. The molecule has 0 atom stereocenters. The van der Waals surface area contributed by atoms with Crippen molar-refractivity contribution in [1.82, 2.24) is 0 Å². The van der Waals surface area contributed by atoms with E-state index in [0.717, 1.165) is 5.56 Å². The van der Waals surface area contributed by atoms with E-state index in [0.29, 0.717) is 5.56 Å². The highest BCUT2D eigenvalue weighted by Crippen LogP contribution is 2.10. The van der Waals surface area contributed by atoms with E-state index in [2.05, 4.69) is 0 Å². The summed E-state index contributed by atoms with van der Waals surface area (Å²) in [6.07, 6.45) is 5.21. The Morgan fingerprint density at radius 1 is 1.31 bits per heavy atom. The Morgan fingerprint density at radius 2 is 1.88 bits per heavy atom. The van der Waals surface area contributed by atoms with Crippen LogP contribution >= 0.6 is 0 Å². The molecule has 0 unspecified atom stereocenters. The van der Waals surface area contributed by atoms with E-state index in [1.807, 2.05) is 31.2 Å². The summed E-state index contributed by atoms with van der Waals surface area (Å²) in [7, 11) is 0. The summed E-state index contributed by atoms with van der Waals surface area (Å²) in [5.41, 5.74) is 1.47. The highest BCUT2D eigenvalue weighted by molar-refractivity contribution is 5.96. The van der Waals surface area contributed by atoms with Gasteiger partial charge in [-0.1, -0.05) is 36.4 Å². The van der Waals surface area contributed by atoms with Crippen LogP contribution in [0.25, 0.3) is 12.2 Å². The van der Waals surface area contributed by atoms with Gasteiger partial charge in [0, 0.05) is 0 Å². The average Bonchev–Trinajstić information content (AvgIpc) is 2.28. The molecule has 0 aliphatic heterocycles. The Morgan fingerprint density at radius 3 is 2.31 bits per heavy atom. The van der Waals surface area contributed by atoms with E-state index in [-0.39, 0.29) is 5.57 Å². The molecule has 0 amide bonds. The van der Waals surface area contributed by atoms with Crippen molar-refractivity contribution in [3.8, 4) is 6.07 Å². The van der Waals surface area contributed by atoms with Gasteiger partial charge >= 0.3 is 5.97 Å². The van der Waals surface area contributed by atoms with Crippen LogP contribution in [0.15, 0.2) is 35.9 Å². The molecule has 3 nitrogen and oxygen atoms in total. The largest absolute Gasteiger partial charge is 0.477 e. The number of carboxylic acids is 1. The second-order valence-electron chi connectivity index (χ2n) is 3.14. The molecule has 0 saturated heterocycles. The average molecular weight is 213 g/mol. The molecule has 1 rings (SSSR count). The van der Waals surface area contributed by atoms with Gasteiger partial charge in [0.2, 0.25) is 0 Å². The first-order valence-corrected chi connectivity index (χ1v) is 4.75. The maximum Gasteiger partial charge on any atom is 0.346 e. The van der Waals surface area contributed by atoms with Crippen molar-refractivity contribution in [2.24, 2.45) is 0 Å². The van der Waals surface area contributed by atoms with Crippen LogP contribution in [0.2, 0.25) is 0 Å². The van der Waals surface area contributed by atoms with Crippen molar-refractivity contribution in [2.75, 3.05) is 0 Å². The molecule has 0 radical (unpaired) electrons. The minimum Gasteiger partial charge on any atom is -0.477 e. The van der Waals surface area contributed by atoms with E-state index >= 15 is 0 Å². The predicted molar refractivity (Wildman–Crippen MR) is 62.4 cm³/mol. The van der Waals surface area contributed by atoms with Crippen LogP contribution in [0.3, 0.4) is 0 Å². The van der Waals surface area contributed by atoms with Crippen molar-refractivity contribution in [1.29, 1.82) is 5.26 Å². The molecule has 0 bridgehead atoms. The topological polar surface area (TPSA) is 61.1 Å². The summed E-state index contributed by atoms with van der Waals surface area (Å²) in [5.74, 6) is -1.21. The summed E-state index contributed by atoms with van der Waals surface area (Å²) in [4.78, 5) is 10.6. The van der Waals surface area contributed by atoms with Gasteiger partial charge in [-0.05, 0) is 24.1 Å². The van der Waals surface area contributed by atoms with Gasteiger partial charge < -0.3 is 5.11 Å². The monoisotopic (exact) mass is 213 g/mol. The first-order chi connectivity index (χ1) is 7.67. The Balaban J connectivity index is 2.99. The van der Waals surface area contributed by atoms with Gasteiger partial charge in [0.05, 0.1) is 0 Å². The van der Waals surface area contributed by atoms with Crippen molar-refractivity contribution >= 4 is 18.1 Å².